The van der Waals surface area contributed by atoms with Crippen LogP contribution < -0.4 is 9.40 Å². The zero-order valence-electron chi connectivity index (χ0n) is 7.16. The SMILES string of the molecule is CCCCOn1cc[n+](C)c1. The molecule has 0 saturated carbocycles. The van der Waals surface area contributed by atoms with Gasteiger partial charge in [0.2, 0.25) is 0 Å². The Morgan fingerprint density at radius 3 is 2.91 bits per heavy atom. The summed E-state index contributed by atoms with van der Waals surface area (Å²) in [7, 11) is 1.97. The molecule has 3 nitrogen and oxygen atoms in total. The van der Waals surface area contributed by atoms with E-state index in [0.717, 1.165) is 13.0 Å². The maximum Gasteiger partial charge on any atom is 0.284 e. The second kappa shape index (κ2) is 4.01. The average Bonchev–Trinajstić information content (AvgIpc) is 2.37. The summed E-state index contributed by atoms with van der Waals surface area (Å²) in [6, 6.07) is 0. The molecule has 1 rings (SSSR count). The van der Waals surface area contributed by atoms with Crippen LogP contribution in [0.4, 0.5) is 0 Å². The van der Waals surface area contributed by atoms with Gasteiger partial charge < -0.3 is 4.84 Å². The smallest absolute Gasteiger partial charge is 0.284 e. The Morgan fingerprint density at radius 2 is 2.36 bits per heavy atom. The summed E-state index contributed by atoms with van der Waals surface area (Å²) in [6.45, 7) is 2.95. The van der Waals surface area contributed by atoms with Crippen LogP contribution in [0.5, 0.6) is 0 Å². The lowest BCUT2D eigenvalue weighted by molar-refractivity contribution is -0.672. The lowest BCUT2D eigenvalue weighted by Gasteiger charge is -1.96. The maximum atomic E-state index is 5.36. The molecule has 0 atom stereocenters. The zero-order valence-corrected chi connectivity index (χ0v) is 7.16. The van der Waals surface area contributed by atoms with E-state index in [0.29, 0.717) is 0 Å². The third kappa shape index (κ3) is 2.62. The molecule has 0 aliphatic heterocycles. The quantitative estimate of drug-likeness (QED) is 0.458. The minimum Gasteiger partial charge on any atom is -0.336 e. The van der Waals surface area contributed by atoms with Crippen LogP contribution in [0, 0.1) is 0 Å². The molecule has 0 aliphatic rings. The number of unbranched alkanes of at least 4 members (excludes halogenated alkanes) is 1. The molecule has 0 radical (unpaired) electrons. The minimum absolute atomic E-state index is 0.797. The monoisotopic (exact) mass is 155 g/mol. The lowest BCUT2D eigenvalue weighted by Crippen LogP contribution is -2.25. The van der Waals surface area contributed by atoms with E-state index in [9.17, 15) is 0 Å². The summed E-state index contributed by atoms with van der Waals surface area (Å²) < 4.78 is 3.68. The highest BCUT2D eigenvalue weighted by Gasteiger charge is 1.98. The topological polar surface area (TPSA) is 18.0 Å². The molecule has 3 heteroatoms. The van der Waals surface area contributed by atoms with Crippen molar-refractivity contribution in [2.24, 2.45) is 7.05 Å². The number of nitrogens with zero attached hydrogens (tertiary/aromatic N) is 2. The Morgan fingerprint density at radius 1 is 1.55 bits per heavy atom. The summed E-state index contributed by atoms with van der Waals surface area (Å²) in [4.78, 5) is 5.36. The van der Waals surface area contributed by atoms with Crippen LogP contribution in [0.15, 0.2) is 18.7 Å². The van der Waals surface area contributed by atoms with E-state index in [4.69, 9.17) is 4.84 Å². The van der Waals surface area contributed by atoms with Crippen molar-refractivity contribution in [1.82, 2.24) is 4.73 Å². The highest BCUT2D eigenvalue weighted by Crippen LogP contribution is 1.85. The van der Waals surface area contributed by atoms with E-state index >= 15 is 0 Å². The van der Waals surface area contributed by atoms with Crippen LogP contribution >= 0.6 is 0 Å². The van der Waals surface area contributed by atoms with Gasteiger partial charge in [0.25, 0.3) is 6.33 Å². The molecule has 11 heavy (non-hydrogen) atoms. The molecule has 1 aromatic heterocycles. The Balaban J connectivity index is 2.27. The molecule has 0 aromatic carbocycles. The van der Waals surface area contributed by atoms with E-state index in [1.807, 2.05) is 30.3 Å². The van der Waals surface area contributed by atoms with E-state index < -0.39 is 0 Å². The summed E-state index contributed by atoms with van der Waals surface area (Å²) in [5.41, 5.74) is 0. The standard InChI is InChI=1S/C8H15N2O/c1-3-4-7-11-10-6-5-9(2)8-10/h5-6,8H,3-4,7H2,1-2H3/q+1. The van der Waals surface area contributed by atoms with Gasteiger partial charge in [0.1, 0.15) is 12.8 Å². The van der Waals surface area contributed by atoms with Crippen LogP contribution in [-0.2, 0) is 7.05 Å². The minimum atomic E-state index is 0.797. The fraction of sp³-hybridized carbons (Fsp3) is 0.625. The van der Waals surface area contributed by atoms with Gasteiger partial charge >= 0.3 is 0 Å². The van der Waals surface area contributed by atoms with E-state index in [-0.39, 0.29) is 0 Å². The molecule has 1 aromatic rings. The van der Waals surface area contributed by atoms with Crippen molar-refractivity contribution in [1.29, 1.82) is 0 Å². The average molecular weight is 155 g/mol. The van der Waals surface area contributed by atoms with E-state index in [1.54, 1.807) is 4.73 Å². The van der Waals surface area contributed by atoms with Crippen LogP contribution in [0.2, 0.25) is 0 Å². The van der Waals surface area contributed by atoms with Crippen molar-refractivity contribution in [3.8, 4) is 0 Å². The molecule has 0 saturated heterocycles. The number of aryl methyl sites for hydroxylation is 1. The number of imidazole rings is 1. The van der Waals surface area contributed by atoms with Crippen LogP contribution in [0.25, 0.3) is 0 Å². The first-order valence-electron chi connectivity index (χ1n) is 3.99. The molecular weight excluding hydrogens is 140 g/mol. The second-order valence-corrected chi connectivity index (χ2v) is 2.63. The normalized spacial score (nSPS) is 10.0. The first kappa shape index (κ1) is 8.11. The van der Waals surface area contributed by atoms with Crippen molar-refractivity contribution in [3.05, 3.63) is 18.7 Å². The summed E-state index contributed by atoms with van der Waals surface area (Å²) in [6.07, 6.45) is 8.03. The molecule has 0 N–H and O–H groups in total. The van der Waals surface area contributed by atoms with Gasteiger partial charge in [-0.05, 0) is 6.42 Å². The first-order valence-corrected chi connectivity index (χ1v) is 3.99. The van der Waals surface area contributed by atoms with Gasteiger partial charge in [-0.2, -0.15) is 0 Å². The Labute approximate surface area is 67.2 Å². The summed E-state index contributed by atoms with van der Waals surface area (Å²) >= 11 is 0. The Hall–Kier alpha value is -0.990. The van der Waals surface area contributed by atoms with Crippen molar-refractivity contribution in [2.75, 3.05) is 6.61 Å². The van der Waals surface area contributed by atoms with Gasteiger partial charge in [0.05, 0.1) is 7.05 Å². The fourth-order valence-electron chi connectivity index (χ4n) is 0.818. The summed E-state index contributed by atoms with van der Waals surface area (Å²) in [5.74, 6) is 0. The molecule has 0 aliphatic carbocycles. The highest BCUT2D eigenvalue weighted by molar-refractivity contribution is 4.59. The molecule has 0 bridgehead atoms. The Bertz CT molecular complexity index is 208. The van der Waals surface area contributed by atoms with Crippen molar-refractivity contribution < 1.29 is 9.40 Å². The van der Waals surface area contributed by atoms with Crippen molar-refractivity contribution in [3.63, 3.8) is 0 Å². The van der Waals surface area contributed by atoms with Gasteiger partial charge in [-0.3, -0.25) is 0 Å². The largest absolute Gasteiger partial charge is 0.336 e. The summed E-state index contributed by atoms with van der Waals surface area (Å²) in [5, 5.41) is 0. The molecule has 0 fully saturated rings. The van der Waals surface area contributed by atoms with Gasteiger partial charge in [-0.1, -0.05) is 18.1 Å². The molecule has 1 heterocycles. The van der Waals surface area contributed by atoms with Crippen molar-refractivity contribution in [2.45, 2.75) is 19.8 Å². The van der Waals surface area contributed by atoms with E-state index in [2.05, 4.69) is 6.92 Å². The van der Waals surface area contributed by atoms with Gasteiger partial charge in [-0.15, -0.1) is 0 Å². The van der Waals surface area contributed by atoms with Crippen molar-refractivity contribution >= 4 is 0 Å². The Kier molecular flexibility index (Phi) is 2.95. The predicted molar refractivity (Wildman–Crippen MR) is 42.0 cm³/mol. The fourth-order valence-corrected chi connectivity index (χ4v) is 0.818. The predicted octanol–water partition coefficient (Wildman–Crippen LogP) is 0.541. The van der Waals surface area contributed by atoms with Gasteiger partial charge in [0, 0.05) is 0 Å². The van der Waals surface area contributed by atoms with E-state index in [1.165, 1.54) is 6.42 Å². The van der Waals surface area contributed by atoms with Crippen LogP contribution in [-0.4, -0.2) is 11.3 Å². The number of hydrogen-bond donors (Lipinski definition) is 0. The first-order chi connectivity index (χ1) is 5.33. The zero-order chi connectivity index (χ0) is 8.10. The maximum absolute atomic E-state index is 5.36. The molecular formula is C8H15N2O+. The van der Waals surface area contributed by atoms with Crippen LogP contribution in [0.1, 0.15) is 19.8 Å². The second-order valence-electron chi connectivity index (χ2n) is 2.63. The van der Waals surface area contributed by atoms with Gasteiger partial charge in [0.15, 0.2) is 6.20 Å². The molecule has 0 spiro atoms. The molecule has 0 amide bonds. The van der Waals surface area contributed by atoms with Crippen LogP contribution in [0.3, 0.4) is 0 Å². The molecule has 0 unspecified atom stereocenters. The third-order valence-corrected chi connectivity index (χ3v) is 1.48. The lowest BCUT2D eigenvalue weighted by atomic mass is 10.4. The molecule has 62 valence electrons. The third-order valence-electron chi connectivity index (χ3n) is 1.48. The highest BCUT2D eigenvalue weighted by atomic mass is 16.7. The number of aromatic nitrogens is 2. The van der Waals surface area contributed by atoms with Gasteiger partial charge in [-0.25, -0.2) is 4.57 Å². The number of rotatable bonds is 4. The number of hydrogen-bond acceptors (Lipinski definition) is 1.